The quantitative estimate of drug-likeness (QED) is 0.610. The van der Waals surface area contributed by atoms with Crippen molar-refractivity contribution in [3.8, 4) is 0 Å². The van der Waals surface area contributed by atoms with Crippen LogP contribution in [0.25, 0.3) is 0 Å². The zero-order valence-electron chi connectivity index (χ0n) is 10.8. The zero-order chi connectivity index (χ0) is 14.8. The van der Waals surface area contributed by atoms with Crippen LogP contribution in [0.15, 0.2) is 22.7 Å². The van der Waals surface area contributed by atoms with Crippen LogP contribution in [0.2, 0.25) is 0 Å². The van der Waals surface area contributed by atoms with E-state index >= 15 is 0 Å². The molecule has 0 aliphatic heterocycles. The third kappa shape index (κ3) is 3.27. The normalized spacial score (nSPS) is 16.2. The number of nitrogens with zero attached hydrogens (tertiary/aromatic N) is 1. The van der Waals surface area contributed by atoms with Crippen LogP contribution in [0.3, 0.4) is 0 Å². The first-order valence-corrected chi connectivity index (χ1v) is 7.11. The molecule has 0 radical (unpaired) electrons. The molecule has 0 amide bonds. The summed E-state index contributed by atoms with van der Waals surface area (Å²) in [5.41, 5.74) is 0.140. The molecule has 0 aromatic heterocycles. The van der Waals surface area contributed by atoms with Gasteiger partial charge in [-0.15, -0.1) is 0 Å². The molecule has 0 saturated heterocycles. The van der Waals surface area contributed by atoms with Gasteiger partial charge in [0.2, 0.25) is 0 Å². The summed E-state index contributed by atoms with van der Waals surface area (Å²) >= 11 is 3.28. The second-order valence-electron chi connectivity index (χ2n) is 5.20. The molecule has 7 heteroatoms. The van der Waals surface area contributed by atoms with Crippen molar-refractivity contribution >= 4 is 33.3 Å². The highest BCUT2D eigenvalue weighted by atomic mass is 79.9. The van der Waals surface area contributed by atoms with Crippen LogP contribution >= 0.6 is 15.9 Å². The number of nitro groups is 1. The predicted octanol–water partition coefficient (Wildman–Crippen LogP) is 3.41. The third-order valence-corrected chi connectivity index (χ3v) is 4.24. The maximum Gasteiger partial charge on any atom is 0.303 e. The molecule has 0 atom stereocenters. The van der Waals surface area contributed by atoms with E-state index in [1.165, 1.54) is 6.07 Å². The lowest BCUT2D eigenvalue weighted by Gasteiger charge is -2.41. The second-order valence-corrected chi connectivity index (χ2v) is 6.11. The first-order chi connectivity index (χ1) is 9.42. The van der Waals surface area contributed by atoms with E-state index in [0.717, 1.165) is 23.7 Å². The number of hydrogen-bond acceptors (Lipinski definition) is 4. The number of nitro benzene ring substituents is 1. The minimum atomic E-state index is -0.824. The Morgan fingerprint density at radius 3 is 2.70 bits per heavy atom. The van der Waals surface area contributed by atoms with Crippen molar-refractivity contribution in [3.05, 3.63) is 32.8 Å². The first kappa shape index (κ1) is 14.8. The van der Waals surface area contributed by atoms with Gasteiger partial charge in [0.25, 0.3) is 5.69 Å². The molecule has 1 aliphatic carbocycles. The number of carbonyl (C=O) groups is 1. The van der Waals surface area contributed by atoms with E-state index in [2.05, 4.69) is 21.2 Å². The predicted molar refractivity (Wildman–Crippen MR) is 77.8 cm³/mol. The third-order valence-electron chi connectivity index (χ3n) is 3.75. The van der Waals surface area contributed by atoms with Crippen LogP contribution in [0, 0.1) is 15.5 Å². The average molecular weight is 343 g/mol. The smallest absolute Gasteiger partial charge is 0.303 e. The summed E-state index contributed by atoms with van der Waals surface area (Å²) in [6.07, 6.45) is 2.79. The summed E-state index contributed by atoms with van der Waals surface area (Å²) in [6.45, 7) is 0.441. The number of benzene rings is 1. The number of hydrogen-bond donors (Lipinski definition) is 2. The first-order valence-electron chi connectivity index (χ1n) is 6.31. The summed E-state index contributed by atoms with van der Waals surface area (Å²) < 4.78 is 0.742. The molecule has 0 spiro atoms. The molecule has 108 valence electrons. The summed E-state index contributed by atoms with van der Waals surface area (Å²) in [7, 11) is 0. The average Bonchev–Trinajstić information content (AvgIpc) is 2.31. The maximum atomic E-state index is 11.0. The van der Waals surface area contributed by atoms with Gasteiger partial charge in [-0.05, 0) is 30.4 Å². The molecular formula is C13H15BrN2O4. The fourth-order valence-corrected chi connectivity index (χ4v) is 2.87. The Morgan fingerprint density at radius 1 is 1.50 bits per heavy atom. The Morgan fingerprint density at radius 2 is 2.20 bits per heavy atom. The van der Waals surface area contributed by atoms with E-state index in [1.807, 2.05) is 0 Å². The molecule has 6 nitrogen and oxygen atoms in total. The fraction of sp³-hybridized carbons (Fsp3) is 0.462. The minimum Gasteiger partial charge on any atom is -0.481 e. The standard InChI is InChI=1S/C13H15BrN2O4/c14-9-2-3-11(16(19)20)10(6-9)15-8-13(4-1-5-13)7-12(17)18/h2-3,6,15H,1,4-5,7-8H2,(H,17,18). The van der Waals surface area contributed by atoms with Crippen LogP contribution in [0.4, 0.5) is 11.4 Å². The summed E-state index contributed by atoms with van der Waals surface area (Å²) in [5.74, 6) is -0.824. The van der Waals surface area contributed by atoms with Gasteiger partial charge in [-0.1, -0.05) is 22.4 Å². The van der Waals surface area contributed by atoms with Gasteiger partial charge in [0, 0.05) is 17.1 Å². The molecule has 0 unspecified atom stereocenters. The van der Waals surface area contributed by atoms with Gasteiger partial charge in [-0.3, -0.25) is 14.9 Å². The van der Waals surface area contributed by atoms with Crippen LogP contribution in [-0.4, -0.2) is 22.5 Å². The highest BCUT2D eigenvalue weighted by Gasteiger charge is 2.39. The van der Waals surface area contributed by atoms with E-state index in [9.17, 15) is 14.9 Å². The lowest BCUT2D eigenvalue weighted by molar-refractivity contribution is -0.384. The van der Waals surface area contributed by atoms with Crippen molar-refractivity contribution in [2.75, 3.05) is 11.9 Å². The molecular weight excluding hydrogens is 328 g/mol. The van der Waals surface area contributed by atoms with Gasteiger partial charge >= 0.3 is 5.97 Å². The Kier molecular flexibility index (Phi) is 4.27. The van der Waals surface area contributed by atoms with Crippen molar-refractivity contribution in [2.24, 2.45) is 5.41 Å². The van der Waals surface area contributed by atoms with Crippen molar-refractivity contribution in [1.82, 2.24) is 0 Å². The van der Waals surface area contributed by atoms with Gasteiger partial charge in [-0.2, -0.15) is 0 Å². The number of carboxylic acid groups (broad SMARTS) is 1. The van der Waals surface area contributed by atoms with Gasteiger partial charge in [-0.25, -0.2) is 0 Å². The molecule has 1 aromatic rings. The summed E-state index contributed by atoms with van der Waals surface area (Å²) in [6, 6.07) is 4.68. The Hall–Kier alpha value is -1.63. The van der Waals surface area contributed by atoms with E-state index in [1.54, 1.807) is 12.1 Å². The lowest BCUT2D eigenvalue weighted by atomic mass is 9.66. The molecule has 2 N–H and O–H groups in total. The van der Waals surface area contributed by atoms with Crippen molar-refractivity contribution in [1.29, 1.82) is 0 Å². The lowest BCUT2D eigenvalue weighted by Crippen LogP contribution is -2.38. The van der Waals surface area contributed by atoms with Gasteiger partial charge in [0.15, 0.2) is 0 Å². The van der Waals surface area contributed by atoms with Gasteiger partial charge < -0.3 is 10.4 Å². The van der Waals surface area contributed by atoms with E-state index < -0.39 is 10.9 Å². The number of anilines is 1. The number of halogens is 1. The number of rotatable bonds is 6. The highest BCUT2D eigenvalue weighted by Crippen LogP contribution is 2.44. The highest BCUT2D eigenvalue weighted by molar-refractivity contribution is 9.10. The molecule has 1 saturated carbocycles. The molecule has 1 aliphatic rings. The molecule has 20 heavy (non-hydrogen) atoms. The minimum absolute atomic E-state index is 0.00185. The molecule has 0 heterocycles. The molecule has 1 fully saturated rings. The van der Waals surface area contributed by atoms with Crippen molar-refractivity contribution < 1.29 is 14.8 Å². The Labute approximate surface area is 124 Å². The van der Waals surface area contributed by atoms with Gasteiger partial charge in [0.1, 0.15) is 5.69 Å². The topological polar surface area (TPSA) is 92.5 Å². The van der Waals surface area contributed by atoms with E-state index in [-0.39, 0.29) is 17.5 Å². The zero-order valence-corrected chi connectivity index (χ0v) is 12.4. The molecule has 2 rings (SSSR count). The number of nitrogens with one attached hydrogen (secondary N) is 1. The molecule has 0 bridgehead atoms. The van der Waals surface area contributed by atoms with Crippen LogP contribution in [0.5, 0.6) is 0 Å². The fourth-order valence-electron chi connectivity index (χ4n) is 2.51. The Bertz CT molecular complexity index is 543. The van der Waals surface area contributed by atoms with Crippen molar-refractivity contribution in [3.63, 3.8) is 0 Å². The number of aliphatic carboxylic acids is 1. The molecule has 1 aromatic carbocycles. The van der Waals surface area contributed by atoms with E-state index in [4.69, 9.17) is 5.11 Å². The van der Waals surface area contributed by atoms with Crippen LogP contribution in [-0.2, 0) is 4.79 Å². The van der Waals surface area contributed by atoms with Crippen molar-refractivity contribution in [2.45, 2.75) is 25.7 Å². The summed E-state index contributed by atoms with van der Waals surface area (Å²) in [5, 5.41) is 23.0. The second kappa shape index (κ2) is 5.78. The van der Waals surface area contributed by atoms with Crippen LogP contribution in [0.1, 0.15) is 25.7 Å². The van der Waals surface area contributed by atoms with Gasteiger partial charge in [0.05, 0.1) is 11.3 Å². The number of carboxylic acids is 1. The Balaban J connectivity index is 2.12. The largest absolute Gasteiger partial charge is 0.481 e. The SMILES string of the molecule is O=C(O)CC1(CNc2cc(Br)ccc2[N+](=O)[O-])CCC1. The van der Waals surface area contributed by atoms with E-state index in [0.29, 0.717) is 12.2 Å². The maximum absolute atomic E-state index is 11.0. The monoisotopic (exact) mass is 342 g/mol. The summed E-state index contributed by atoms with van der Waals surface area (Å²) in [4.78, 5) is 21.4. The van der Waals surface area contributed by atoms with Crippen LogP contribution < -0.4 is 5.32 Å².